The van der Waals surface area contributed by atoms with Gasteiger partial charge in [0, 0.05) is 36.4 Å². The first-order valence-corrected chi connectivity index (χ1v) is 9.23. The fourth-order valence-electron chi connectivity index (χ4n) is 2.93. The molecule has 2 heterocycles. The number of nitrogens with one attached hydrogen (secondary N) is 2. The van der Waals surface area contributed by atoms with Gasteiger partial charge in [-0.2, -0.15) is 9.40 Å². The van der Waals surface area contributed by atoms with Crippen LogP contribution in [-0.4, -0.2) is 41.5 Å². The van der Waals surface area contributed by atoms with E-state index in [1.807, 2.05) is 13.8 Å². The zero-order valence-corrected chi connectivity index (χ0v) is 13.5. The minimum absolute atomic E-state index is 0.0602. The van der Waals surface area contributed by atoms with Crippen molar-refractivity contribution in [3.63, 3.8) is 0 Å². The lowest BCUT2D eigenvalue weighted by molar-refractivity contribution is 0.267. The monoisotopic (exact) mass is 312 g/mol. The molecule has 1 unspecified atom stereocenters. The van der Waals surface area contributed by atoms with E-state index in [4.69, 9.17) is 0 Å². The van der Waals surface area contributed by atoms with Gasteiger partial charge in [-0.1, -0.05) is 6.42 Å². The molecule has 0 aromatic carbocycles. The number of sulfonamides is 1. The summed E-state index contributed by atoms with van der Waals surface area (Å²) in [6, 6.07) is 0.605. The van der Waals surface area contributed by atoms with Gasteiger partial charge in [0.25, 0.3) is 10.0 Å². The number of hydrogen-bond donors (Lipinski definition) is 2. The number of piperidine rings is 1. The van der Waals surface area contributed by atoms with Crippen LogP contribution in [0, 0.1) is 6.92 Å². The molecule has 1 saturated heterocycles. The number of H-pyrrole nitrogens is 1. The topological polar surface area (TPSA) is 78.1 Å². The molecule has 0 bridgehead atoms. The van der Waals surface area contributed by atoms with Crippen molar-refractivity contribution in [3.8, 4) is 0 Å². The second-order valence-corrected chi connectivity index (χ2v) is 8.05. The van der Waals surface area contributed by atoms with Crippen molar-refractivity contribution >= 4 is 10.0 Å². The van der Waals surface area contributed by atoms with E-state index in [0.29, 0.717) is 19.1 Å². The molecule has 2 fully saturated rings. The van der Waals surface area contributed by atoms with Crippen LogP contribution in [0.25, 0.3) is 0 Å². The fraction of sp³-hybridized carbons (Fsp3) is 0.786. The molecule has 1 saturated carbocycles. The molecule has 6 nitrogen and oxygen atoms in total. The number of aromatic nitrogens is 2. The Morgan fingerprint density at radius 2 is 2.10 bits per heavy atom. The molecule has 118 valence electrons. The molecule has 2 N–H and O–H groups in total. The maximum atomic E-state index is 12.9. The summed E-state index contributed by atoms with van der Waals surface area (Å²) in [6.45, 7) is 5.04. The van der Waals surface area contributed by atoms with Gasteiger partial charge in [-0.05, 0) is 39.5 Å². The molecule has 0 radical (unpaired) electrons. The van der Waals surface area contributed by atoms with Crippen molar-refractivity contribution in [3.05, 3.63) is 11.3 Å². The van der Waals surface area contributed by atoms with Crippen LogP contribution in [0.4, 0.5) is 0 Å². The smallest absolute Gasteiger partial charge is 0.262 e. The van der Waals surface area contributed by atoms with Crippen LogP contribution in [0.15, 0.2) is 5.03 Å². The van der Waals surface area contributed by atoms with Gasteiger partial charge in [0.05, 0.1) is 0 Å². The molecule has 2 aliphatic rings. The third-order valence-electron chi connectivity index (χ3n) is 4.48. The van der Waals surface area contributed by atoms with Gasteiger partial charge in [-0.15, -0.1) is 0 Å². The Morgan fingerprint density at radius 1 is 1.33 bits per heavy atom. The number of nitrogens with zero attached hydrogens (tertiary/aromatic N) is 2. The van der Waals surface area contributed by atoms with E-state index < -0.39 is 10.0 Å². The SMILES string of the molecule is Cc1[nH]nc(S(=O)(=O)N2CCCCC2C)c1CNC1CC1. The van der Waals surface area contributed by atoms with E-state index >= 15 is 0 Å². The average Bonchev–Trinajstić information content (AvgIpc) is 3.19. The van der Waals surface area contributed by atoms with Crippen molar-refractivity contribution in [2.45, 2.75) is 69.6 Å². The molecule has 1 aliphatic carbocycles. The summed E-state index contributed by atoms with van der Waals surface area (Å²) in [4.78, 5) is 0. The summed E-state index contributed by atoms with van der Waals surface area (Å²) in [6.07, 6.45) is 5.33. The van der Waals surface area contributed by atoms with E-state index in [0.717, 1.165) is 30.5 Å². The summed E-state index contributed by atoms with van der Waals surface area (Å²) >= 11 is 0. The van der Waals surface area contributed by atoms with Gasteiger partial charge in [-0.3, -0.25) is 5.10 Å². The van der Waals surface area contributed by atoms with Crippen LogP contribution >= 0.6 is 0 Å². The van der Waals surface area contributed by atoms with E-state index in [9.17, 15) is 8.42 Å². The van der Waals surface area contributed by atoms with Crippen LogP contribution in [0.3, 0.4) is 0 Å². The second-order valence-electron chi connectivity index (χ2n) is 6.25. The van der Waals surface area contributed by atoms with Gasteiger partial charge in [0.15, 0.2) is 5.03 Å². The minimum atomic E-state index is -3.50. The number of rotatable bonds is 5. The van der Waals surface area contributed by atoms with Gasteiger partial charge in [-0.25, -0.2) is 8.42 Å². The molecule has 3 rings (SSSR count). The van der Waals surface area contributed by atoms with Crippen LogP contribution in [0.1, 0.15) is 50.3 Å². The third-order valence-corrected chi connectivity index (χ3v) is 6.46. The van der Waals surface area contributed by atoms with Crippen molar-refractivity contribution in [1.82, 2.24) is 19.8 Å². The summed E-state index contributed by atoms with van der Waals surface area (Å²) in [7, 11) is -3.50. The molecule has 1 aromatic rings. The molecule has 0 spiro atoms. The summed E-state index contributed by atoms with van der Waals surface area (Å²) in [5, 5.41) is 10.5. The Hall–Kier alpha value is -0.920. The number of hydrogen-bond acceptors (Lipinski definition) is 4. The Kier molecular flexibility index (Phi) is 4.07. The van der Waals surface area contributed by atoms with Gasteiger partial charge < -0.3 is 5.32 Å². The van der Waals surface area contributed by atoms with Crippen molar-refractivity contribution in [2.75, 3.05) is 6.54 Å². The fourth-order valence-corrected chi connectivity index (χ4v) is 4.79. The van der Waals surface area contributed by atoms with Gasteiger partial charge in [0.1, 0.15) is 0 Å². The van der Waals surface area contributed by atoms with E-state index in [2.05, 4.69) is 15.5 Å². The molecule has 1 aliphatic heterocycles. The summed E-state index contributed by atoms with van der Waals surface area (Å²) in [5.74, 6) is 0. The third kappa shape index (κ3) is 3.00. The molecular weight excluding hydrogens is 288 g/mol. The second kappa shape index (κ2) is 5.70. The normalized spacial score (nSPS) is 24.4. The predicted molar refractivity (Wildman–Crippen MR) is 80.4 cm³/mol. The molecule has 0 amide bonds. The molecule has 1 aromatic heterocycles. The maximum absolute atomic E-state index is 12.9. The van der Waals surface area contributed by atoms with Crippen molar-refractivity contribution in [1.29, 1.82) is 0 Å². The highest BCUT2D eigenvalue weighted by atomic mass is 32.2. The Labute approximate surface area is 126 Å². The summed E-state index contributed by atoms with van der Waals surface area (Å²) in [5.41, 5.74) is 1.63. The first kappa shape index (κ1) is 15.0. The van der Waals surface area contributed by atoms with E-state index in [-0.39, 0.29) is 11.1 Å². The predicted octanol–water partition coefficient (Wildman–Crippen LogP) is 1.53. The lowest BCUT2D eigenvalue weighted by Gasteiger charge is -2.31. The molecular formula is C14H24N4O2S. The average molecular weight is 312 g/mol. The maximum Gasteiger partial charge on any atom is 0.262 e. The zero-order chi connectivity index (χ0) is 15.0. The lowest BCUT2D eigenvalue weighted by atomic mass is 10.1. The van der Waals surface area contributed by atoms with Crippen LogP contribution < -0.4 is 5.32 Å². The number of aromatic amines is 1. The minimum Gasteiger partial charge on any atom is -0.310 e. The van der Waals surface area contributed by atoms with Crippen LogP contribution in [-0.2, 0) is 16.6 Å². The standard InChI is InChI=1S/C14H24N4O2S/c1-10-5-3-4-8-18(10)21(19,20)14-13(11(2)16-17-14)9-15-12-6-7-12/h10,12,15H,3-9H2,1-2H3,(H,16,17). The zero-order valence-electron chi connectivity index (χ0n) is 12.7. The first-order valence-electron chi connectivity index (χ1n) is 7.79. The molecule has 7 heteroatoms. The van der Waals surface area contributed by atoms with Crippen LogP contribution in [0.2, 0.25) is 0 Å². The first-order chi connectivity index (χ1) is 10.00. The lowest BCUT2D eigenvalue weighted by Crippen LogP contribution is -2.42. The highest BCUT2D eigenvalue weighted by Crippen LogP contribution is 2.27. The molecule has 21 heavy (non-hydrogen) atoms. The van der Waals surface area contributed by atoms with E-state index in [1.165, 1.54) is 12.8 Å². The quantitative estimate of drug-likeness (QED) is 0.864. The highest BCUT2D eigenvalue weighted by Gasteiger charge is 2.35. The Morgan fingerprint density at radius 3 is 2.76 bits per heavy atom. The largest absolute Gasteiger partial charge is 0.310 e. The number of aryl methyl sites for hydroxylation is 1. The summed E-state index contributed by atoms with van der Waals surface area (Å²) < 4.78 is 27.4. The van der Waals surface area contributed by atoms with Crippen molar-refractivity contribution in [2.24, 2.45) is 0 Å². The highest BCUT2D eigenvalue weighted by molar-refractivity contribution is 7.89. The van der Waals surface area contributed by atoms with Crippen molar-refractivity contribution < 1.29 is 8.42 Å². The van der Waals surface area contributed by atoms with Crippen LogP contribution in [0.5, 0.6) is 0 Å². The Bertz CT molecular complexity index is 606. The molecule has 1 atom stereocenters. The van der Waals surface area contributed by atoms with Gasteiger partial charge in [0.2, 0.25) is 0 Å². The Balaban J connectivity index is 1.87. The van der Waals surface area contributed by atoms with E-state index in [1.54, 1.807) is 4.31 Å². The van der Waals surface area contributed by atoms with Gasteiger partial charge >= 0.3 is 0 Å².